The molecule has 0 atom stereocenters. The van der Waals surface area contributed by atoms with Crippen LogP contribution >= 0.6 is 0 Å². The molecule has 0 aliphatic carbocycles. The van der Waals surface area contributed by atoms with E-state index in [2.05, 4.69) is 72.8 Å². The Morgan fingerprint density at radius 3 is 1.22 bits per heavy atom. The number of rotatable bonds is 2. The largest absolute Gasteiger partial charge is 0.399 e. The Labute approximate surface area is 158 Å². The SMILES string of the molecule is Nc1ccc([N+]2(c3ccc(N)cc3)c3ccccc3-c3ccccc32)cc1. The zero-order valence-corrected chi connectivity index (χ0v) is 14.8. The van der Waals surface area contributed by atoms with Crippen LogP contribution in [0.25, 0.3) is 11.1 Å². The summed E-state index contributed by atoms with van der Waals surface area (Å²) in [7, 11) is 0. The summed E-state index contributed by atoms with van der Waals surface area (Å²) in [6, 6.07) is 33.6. The first-order chi connectivity index (χ1) is 13.2. The van der Waals surface area contributed by atoms with Crippen LogP contribution in [0.1, 0.15) is 0 Å². The highest BCUT2D eigenvalue weighted by atomic mass is 15.4. The zero-order chi connectivity index (χ0) is 18.4. The van der Waals surface area contributed by atoms with Crippen molar-refractivity contribution in [1.29, 1.82) is 0 Å². The van der Waals surface area contributed by atoms with Crippen LogP contribution < -0.4 is 16.0 Å². The van der Waals surface area contributed by atoms with E-state index in [1.807, 2.05) is 24.3 Å². The van der Waals surface area contributed by atoms with Crippen molar-refractivity contribution >= 4 is 34.1 Å². The van der Waals surface area contributed by atoms with E-state index < -0.39 is 0 Å². The highest BCUT2D eigenvalue weighted by Gasteiger charge is 2.47. The van der Waals surface area contributed by atoms with E-state index in [9.17, 15) is 0 Å². The van der Waals surface area contributed by atoms with E-state index in [1.165, 1.54) is 22.5 Å². The summed E-state index contributed by atoms with van der Waals surface area (Å²) in [5, 5.41) is 0. The van der Waals surface area contributed by atoms with Gasteiger partial charge < -0.3 is 11.5 Å². The van der Waals surface area contributed by atoms with Crippen molar-refractivity contribution in [2.24, 2.45) is 0 Å². The lowest BCUT2D eigenvalue weighted by Crippen LogP contribution is -2.31. The average Bonchev–Trinajstić information content (AvgIpc) is 3.01. The number of nitrogens with zero attached hydrogens (tertiary/aromatic N) is 1. The molecule has 130 valence electrons. The Bertz CT molecular complexity index is 1040. The number of anilines is 2. The highest BCUT2D eigenvalue weighted by molar-refractivity contribution is 6.02. The third-order valence-electron chi connectivity index (χ3n) is 5.38. The molecule has 0 amide bonds. The molecule has 1 aliphatic heterocycles. The minimum Gasteiger partial charge on any atom is -0.399 e. The van der Waals surface area contributed by atoms with Crippen LogP contribution in [0.15, 0.2) is 97.1 Å². The van der Waals surface area contributed by atoms with Gasteiger partial charge >= 0.3 is 0 Å². The summed E-state index contributed by atoms with van der Waals surface area (Å²) in [6.07, 6.45) is 0. The predicted octanol–water partition coefficient (Wildman–Crippen LogP) is 6.13. The van der Waals surface area contributed by atoms with Crippen LogP contribution in [-0.4, -0.2) is 0 Å². The van der Waals surface area contributed by atoms with Gasteiger partial charge in [-0.05, 0) is 36.4 Å². The van der Waals surface area contributed by atoms with Crippen LogP contribution in [0.3, 0.4) is 0 Å². The first kappa shape index (κ1) is 15.7. The fourth-order valence-corrected chi connectivity index (χ4v) is 4.22. The first-order valence-electron chi connectivity index (χ1n) is 9.02. The van der Waals surface area contributed by atoms with Gasteiger partial charge in [-0.3, -0.25) is 0 Å². The van der Waals surface area contributed by atoms with Crippen molar-refractivity contribution in [2.45, 2.75) is 0 Å². The monoisotopic (exact) mass is 350 g/mol. The minimum atomic E-state index is 0.521. The second kappa shape index (κ2) is 5.73. The van der Waals surface area contributed by atoms with Crippen molar-refractivity contribution in [1.82, 2.24) is 4.48 Å². The molecule has 4 aromatic rings. The maximum absolute atomic E-state index is 5.99. The lowest BCUT2D eigenvalue weighted by Gasteiger charge is -2.34. The maximum atomic E-state index is 5.99. The zero-order valence-electron chi connectivity index (χ0n) is 14.8. The molecule has 3 heteroatoms. The van der Waals surface area contributed by atoms with E-state index in [-0.39, 0.29) is 0 Å². The number of fused-ring (bicyclic) bond motifs is 3. The van der Waals surface area contributed by atoms with E-state index >= 15 is 0 Å². The Balaban J connectivity index is 1.94. The fourth-order valence-electron chi connectivity index (χ4n) is 4.22. The molecule has 1 heterocycles. The molecule has 0 saturated heterocycles. The molecule has 0 bridgehead atoms. The molecule has 0 saturated carbocycles. The summed E-state index contributed by atoms with van der Waals surface area (Å²) < 4.78 is 0.521. The molecule has 0 aromatic heterocycles. The van der Waals surface area contributed by atoms with E-state index in [0.717, 1.165) is 22.7 Å². The van der Waals surface area contributed by atoms with Crippen molar-refractivity contribution in [3.63, 3.8) is 0 Å². The lowest BCUT2D eigenvalue weighted by molar-refractivity contribution is 0.721. The highest BCUT2D eigenvalue weighted by Crippen LogP contribution is 2.61. The standard InChI is InChI=1S/C24H20N3/c25-17-9-13-19(14-10-17)27(20-15-11-18(26)12-16-20)23-7-3-1-5-21(23)22-6-2-4-8-24(22)27/h1-16H,25-26H2/q+1. The quantitative estimate of drug-likeness (QED) is 0.297. The molecule has 0 fully saturated rings. The molecule has 3 nitrogen and oxygen atoms in total. The van der Waals surface area contributed by atoms with E-state index in [4.69, 9.17) is 11.5 Å². The molecular formula is C24H20N3+. The maximum Gasteiger partial charge on any atom is 0.156 e. The molecular weight excluding hydrogens is 330 g/mol. The molecule has 4 N–H and O–H groups in total. The predicted molar refractivity (Wildman–Crippen MR) is 114 cm³/mol. The van der Waals surface area contributed by atoms with Gasteiger partial charge in [0.25, 0.3) is 0 Å². The molecule has 0 radical (unpaired) electrons. The summed E-state index contributed by atoms with van der Waals surface area (Å²) >= 11 is 0. The number of hydrogen-bond donors (Lipinski definition) is 2. The summed E-state index contributed by atoms with van der Waals surface area (Å²) in [5.74, 6) is 0. The second-order valence-electron chi connectivity index (χ2n) is 6.89. The normalized spacial score (nSPS) is 13.8. The average molecular weight is 350 g/mol. The van der Waals surface area contributed by atoms with E-state index in [0.29, 0.717) is 4.48 Å². The minimum absolute atomic E-state index is 0.521. The molecule has 1 aliphatic rings. The van der Waals surface area contributed by atoms with Crippen LogP contribution in [0.2, 0.25) is 0 Å². The van der Waals surface area contributed by atoms with Gasteiger partial charge in [-0.15, -0.1) is 0 Å². The van der Waals surface area contributed by atoms with Gasteiger partial charge in [-0.1, -0.05) is 24.3 Å². The van der Waals surface area contributed by atoms with Crippen LogP contribution in [-0.2, 0) is 0 Å². The van der Waals surface area contributed by atoms with Crippen LogP contribution in [0.4, 0.5) is 34.1 Å². The fraction of sp³-hybridized carbons (Fsp3) is 0. The van der Waals surface area contributed by atoms with Gasteiger partial charge in [0.05, 0.1) is 11.1 Å². The van der Waals surface area contributed by atoms with Gasteiger partial charge in [0.15, 0.2) is 11.4 Å². The van der Waals surface area contributed by atoms with Crippen LogP contribution in [0.5, 0.6) is 0 Å². The Morgan fingerprint density at radius 1 is 0.444 bits per heavy atom. The van der Waals surface area contributed by atoms with Gasteiger partial charge in [0.1, 0.15) is 11.4 Å². The van der Waals surface area contributed by atoms with Gasteiger partial charge in [0, 0.05) is 47.8 Å². The van der Waals surface area contributed by atoms with Gasteiger partial charge in [0.2, 0.25) is 0 Å². The number of nitrogens with two attached hydrogens (primary N) is 2. The summed E-state index contributed by atoms with van der Waals surface area (Å²) in [4.78, 5) is 0. The molecule has 27 heavy (non-hydrogen) atoms. The number of nitrogen functional groups attached to an aromatic ring is 2. The Morgan fingerprint density at radius 2 is 0.815 bits per heavy atom. The topological polar surface area (TPSA) is 52.0 Å². The number of quaternary nitrogens is 1. The van der Waals surface area contributed by atoms with Crippen molar-refractivity contribution < 1.29 is 0 Å². The smallest absolute Gasteiger partial charge is 0.156 e. The summed E-state index contributed by atoms with van der Waals surface area (Å²) in [5.41, 5.74) is 20.8. The third kappa shape index (κ3) is 2.12. The van der Waals surface area contributed by atoms with Crippen molar-refractivity contribution in [3.05, 3.63) is 97.1 Å². The molecule has 5 rings (SSSR count). The van der Waals surface area contributed by atoms with E-state index in [1.54, 1.807) is 0 Å². The number of benzene rings is 4. The van der Waals surface area contributed by atoms with Crippen molar-refractivity contribution in [2.75, 3.05) is 11.5 Å². The first-order valence-corrected chi connectivity index (χ1v) is 9.02. The van der Waals surface area contributed by atoms with Gasteiger partial charge in [-0.2, -0.15) is 4.48 Å². The lowest BCUT2D eigenvalue weighted by atomic mass is 10.1. The Kier molecular flexibility index (Phi) is 3.33. The molecule has 0 spiro atoms. The number of para-hydroxylation sites is 2. The molecule has 0 unspecified atom stereocenters. The van der Waals surface area contributed by atoms with Crippen LogP contribution in [0, 0.1) is 0 Å². The van der Waals surface area contributed by atoms with Gasteiger partial charge in [-0.25, -0.2) is 0 Å². The molecule has 4 aromatic carbocycles. The van der Waals surface area contributed by atoms with Crippen molar-refractivity contribution in [3.8, 4) is 11.1 Å². The third-order valence-corrected chi connectivity index (χ3v) is 5.38. The summed E-state index contributed by atoms with van der Waals surface area (Å²) in [6.45, 7) is 0. The second-order valence-corrected chi connectivity index (χ2v) is 6.89. The number of hydrogen-bond acceptors (Lipinski definition) is 2. The Hall–Kier alpha value is -3.56.